The monoisotopic (exact) mass is 282 g/mol. The lowest BCUT2D eigenvalue weighted by atomic mass is 9.87. The molecule has 0 aliphatic heterocycles. The quantitative estimate of drug-likeness (QED) is 0.929. The molecule has 20 heavy (non-hydrogen) atoms. The van der Waals surface area contributed by atoms with Gasteiger partial charge in [-0.1, -0.05) is 38.1 Å². The van der Waals surface area contributed by atoms with Crippen LogP contribution in [0.5, 0.6) is 5.75 Å². The highest BCUT2D eigenvalue weighted by Crippen LogP contribution is 2.37. The summed E-state index contributed by atoms with van der Waals surface area (Å²) in [5, 5.41) is 3.98. The molecule has 2 N–H and O–H groups in total. The minimum Gasteiger partial charge on any atom is -0.435 e. The van der Waals surface area contributed by atoms with Crippen LogP contribution in [0.15, 0.2) is 28.8 Å². The Hall–Kier alpha value is -2.11. The summed E-state index contributed by atoms with van der Waals surface area (Å²) >= 11 is 0. The maximum absolute atomic E-state index is 12.1. The van der Waals surface area contributed by atoms with Gasteiger partial charge in [0.25, 0.3) is 0 Å². The Balaban J connectivity index is 2.40. The molecule has 0 aliphatic rings. The summed E-state index contributed by atoms with van der Waals surface area (Å²) in [6.45, 7) is 3.12. The Morgan fingerprint density at radius 1 is 1.20 bits per heavy atom. The van der Waals surface area contributed by atoms with Crippen molar-refractivity contribution in [3.05, 3.63) is 30.0 Å². The van der Waals surface area contributed by atoms with Crippen molar-refractivity contribution in [2.24, 2.45) is 0 Å². The third kappa shape index (κ3) is 2.89. The van der Waals surface area contributed by atoms with Gasteiger partial charge in [-0.05, 0) is 17.7 Å². The van der Waals surface area contributed by atoms with Gasteiger partial charge in [0.2, 0.25) is 5.88 Å². The molecule has 4 nitrogen and oxygen atoms in total. The number of nitrogen functional groups attached to an aromatic ring is 1. The van der Waals surface area contributed by atoms with E-state index in [1.54, 1.807) is 12.1 Å². The number of hydrogen-bond acceptors (Lipinski definition) is 4. The summed E-state index contributed by atoms with van der Waals surface area (Å²) in [4.78, 5) is 0. The molecule has 108 valence electrons. The summed E-state index contributed by atoms with van der Waals surface area (Å²) in [7, 11) is 0. The first kappa shape index (κ1) is 14.3. The minimum absolute atomic E-state index is 0.0936. The van der Waals surface area contributed by atoms with Gasteiger partial charge in [0.05, 0.1) is 11.3 Å². The van der Waals surface area contributed by atoms with E-state index < -0.39 is 6.61 Å². The lowest BCUT2D eigenvalue weighted by molar-refractivity contribution is -0.0498. The fraction of sp³-hybridized carbons (Fsp3) is 0.357. The van der Waals surface area contributed by atoms with Crippen LogP contribution in [0.4, 0.5) is 14.7 Å². The van der Waals surface area contributed by atoms with Gasteiger partial charge in [-0.2, -0.15) is 8.78 Å². The predicted octanol–water partition coefficient (Wildman–Crippen LogP) is 3.82. The second-order valence-electron chi connectivity index (χ2n) is 5.42. The van der Waals surface area contributed by atoms with E-state index in [0.29, 0.717) is 5.56 Å². The van der Waals surface area contributed by atoms with E-state index in [0.717, 1.165) is 11.3 Å². The van der Waals surface area contributed by atoms with Crippen LogP contribution in [-0.4, -0.2) is 11.8 Å². The zero-order chi connectivity index (χ0) is 14.9. The molecule has 0 unspecified atom stereocenters. The first-order valence-electron chi connectivity index (χ1n) is 6.10. The fourth-order valence-corrected chi connectivity index (χ4v) is 1.90. The smallest absolute Gasteiger partial charge is 0.387 e. The van der Waals surface area contributed by atoms with Crippen molar-refractivity contribution in [2.45, 2.75) is 32.8 Å². The van der Waals surface area contributed by atoms with Gasteiger partial charge in [0, 0.05) is 5.41 Å². The van der Waals surface area contributed by atoms with Crippen LogP contribution in [0, 0.1) is 0 Å². The highest BCUT2D eigenvalue weighted by atomic mass is 19.3. The first-order chi connectivity index (χ1) is 9.29. The maximum Gasteiger partial charge on any atom is 0.387 e. The molecular formula is C14H16F2N2O2. The zero-order valence-corrected chi connectivity index (χ0v) is 11.5. The van der Waals surface area contributed by atoms with Crippen molar-refractivity contribution >= 4 is 5.88 Å². The van der Waals surface area contributed by atoms with Crippen LogP contribution < -0.4 is 10.5 Å². The molecule has 6 heteroatoms. The van der Waals surface area contributed by atoms with Gasteiger partial charge < -0.3 is 15.0 Å². The van der Waals surface area contributed by atoms with Gasteiger partial charge >= 0.3 is 6.61 Å². The van der Waals surface area contributed by atoms with E-state index in [1.165, 1.54) is 12.1 Å². The van der Waals surface area contributed by atoms with Crippen molar-refractivity contribution in [3.8, 4) is 16.9 Å². The summed E-state index contributed by atoms with van der Waals surface area (Å²) in [6.07, 6.45) is 0. The standard InChI is InChI=1S/C14H16F2N2O2/c1-14(2,3)11-10(12(17)20-18-11)8-4-6-9(7-5-8)19-13(15)16/h4-7,13H,17H2,1-3H3. The van der Waals surface area contributed by atoms with Gasteiger partial charge in [0.15, 0.2) is 0 Å². The minimum atomic E-state index is -2.84. The number of nitrogens with two attached hydrogens (primary N) is 1. The van der Waals surface area contributed by atoms with E-state index in [4.69, 9.17) is 10.3 Å². The van der Waals surface area contributed by atoms with E-state index in [2.05, 4.69) is 9.89 Å². The van der Waals surface area contributed by atoms with Crippen LogP contribution >= 0.6 is 0 Å². The van der Waals surface area contributed by atoms with Gasteiger partial charge in [-0.15, -0.1) is 0 Å². The normalized spacial score (nSPS) is 11.9. The lowest BCUT2D eigenvalue weighted by Crippen LogP contribution is -2.13. The van der Waals surface area contributed by atoms with E-state index in [1.807, 2.05) is 20.8 Å². The van der Waals surface area contributed by atoms with Crippen LogP contribution in [0.3, 0.4) is 0 Å². The number of ether oxygens (including phenoxy) is 1. The Morgan fingerprint density at radius 3 is 2.30 bits per heavy atom. The fourth-order valence-electron chi connectivity index (χ4n) is 1.90. The Bertz CT molecular complexity index is 586. The maximum atomic E-state index is 12.1. The molecule has 1 heterocycles. The second-order valence-corrected chi connectivity index (χ2v) is 5.42. The van der Waals surface area contributed by atoms with Crippen molar-refractivity contribution in [1.29, 1.82) is 0 Å². The number of nitrogens with zero attached hydrogens (tertiary/aromatic N) is 1. The number of hydrogen-bond donors (Lipinski definition) is 1. The van der Waals surface area contributed by atoms with Gasteiger partial charge in [-0.25, -0.2) is 0 Å². The Labute approximate surface area is 115 Å². The number of alkyl halides is 2. The van der Waals surface area contributed by atoms with Crippen molar-refractivity contribution in [2.75, 3.05) is 5.73 Å². The van der Waals surface area contributed by atoms with E-state index in [9.17, 15) is 8.78 Å². The van der Waals surface area contributed by atoms with Crippen molar-refractivity contribution < 1.29 is 18.0 Å². The van der Waals surface area contributed by atoms with Crippen molar-refractivity contribution in [3.63, 3.8) is 0 Å². The summed E-state index contributed by atoms with van der Waals surface area (Å²) in [5.74, 6) is 0.300. The summed E-state index contributed by atoms with van der Waals surface area (Å²) in [5.41, 5.74) is 7.71. The van der Waals surface area contributed by atoms with Crippen LogP contribution in [0.25, 0.3) is 11.1 Å². The third-order valence-electron chi connectivity index (χ3n) is 2.80. The highest BCUT2D eigenvalue weighted by molar-refractivity contribution is 5.76. The average Bonchev–Trinajstić information content (AvgIpc) is 2.71. The Morgan fingerprint density at radius 2 is 1.80 bits per heavy atom. The molecule has 0 spiro atoms. The van der Waals surface area contributed by atoms with Crippen LogP contribution in [0.1, 0.15) is 26.5 Å². The molecule has 1 aromatic heterocycles. The molecule has 0 bridgehead atoms. The van der Waals surface area contributed by atoms with Gasteiger partial charge in [0.1, 0.15) is 5.75 Å². The molecule has 2 aromatic rings. The van der Waals surface area contributed by atoms with E-state index in [-0.39, 0.29) is 17.0 Å². The number of rotatable bonds is 3. The lowest BCUT2D eigenvalue weighted by Gasteiger charge is -2.16. The molecular weight excluding hydrogens is 266 g/mol. The molecule has 0 radical (unpaired) electrons. The number of benzene rings is 1. The number of anilines is 1. The van der Waals surface area contributed by atoms with Gasteiger partial charge in [-0.3, -0.25) is 0 Å². The molecule has 2 rings (SSSR count). The molecule has 0 aliphatic carbocycles. The molecule has 0 saturated heterocycles. The van der Waals surface area contributed by atoms with E-state index >= 15 is 0 Å². The molecule has 1 aromatic carbocycles. The largest absolute Gasteiger partial charge is 0.435 e. The molecule has 0 fully saturated rings. The SMILES string of the molecule is CC(C)(C)c1noc(N)c1-c1ccc(OC(F)F)cc1. The zero-order valence-electron chi connectivity index (χ0n) is 11.5. The summed E-state index contributed by atoms with van der Waals surface area (Å²) in [6, 6.07) is 6.21. The molecule has 0 atom stereocenters. The second kappa shape index (κ2) is 5.11. The van der Waals surface area contributed by atoms with Crippen LogP contribution in [0.2, 0.25) is 0 Å². The van der Waals surface area contributed by atoms with Crippen molar-refractivity contribution in [1.82, 2.24) is 5.16 Å². The number of aromatic nitrogens is 1. The Kier molecular flexibility index (Phi) is 3.65. The highest BCUT2D eigenvalue weighted by Gasteiger charge is 2.26. The molecule has 0 saturated carbocycles. The predicted molar refractivity (Wildman–Crippen MR) is 71.7 cm³/mol. The number of halogens is 2. The summed E-state index contributed by atoms with van der Waals surface area (Å²) < 4.78 is 33.6. The topological polar surface area (TPSA) is 61.3 Å². The van der Waals surface area contributed by atoms with Crippen LogP contribution in [-0.2, 0) is 5.41 Å². The first-order valence-corrected chi connectivity index (χ1v) is 6.10. The third-order valence-corrected chi connectivity index (χ3v) is 2.80. The average molecular weight is 282 g/mol. The molecule has 0 amide bonds.